The Morgan fingerprint density at radius 3 is 2.50 bits per heavy atom. The molecule has 0 aliphatic carbocycles. The molecule has 0 radical (unpaired) electrons. The van der Waals surface area contributed by atoms with Gasteiger partial charge in [-0.05, 0) is 24.3 Å². The van der Waals surface area contributed by atoms with Crippen molar-refractivity contribution in [2.75, 3.05) is 38.2 Å². The number of quaternary nitrogens is 1. The molecule has 1 aliphatic rings. The van der Waals surface area contributed by atoms with Crippen molar-refractivity contribution in [1.29, 1.82) is 0 Å². The Hall–Kier alpha value is -2.84. The van der Waals surface area contributed by atoms with Crippen LogP contribution in [0.2, 0.25) is 0 Å². The van der Waals surface area contributed by atoms with Crippen LogP contribution in [0.15, 0.2) is 42.5 Å². The molecule has 8 heteroatoms. The van der Waals surface area contributed by atoms with Gasteiger partial charge in [0.25, 0.3) is 5.91 Å². The molecular weight excluding hydrogens is 370 g/mol. The number of esters is 1. The predicted molar refractivity (Wildman–Crippen MR) is 96.9 cm³/mol. The molecular formula is C20H21F2N2O4+. The SMILES string of the molecule is O=C(COC(=O)c1ccc(C[NH+]2CCOCC2)cc1)Nc1cc(F)ccc1F. The van der Waals surface area contributed by atoms with Crippen LogP contribution in [0.5, 0.6) is 0 Å². The van der Waals surface area contributed by atoms with Crippen LogP contribution < -0.4 is 10.2 Å². The second kappa shape index (κ2) is 9.38. The maximum absolute atomic E-state index is 13.5. The first-order valence-electron chi connectivity index (χ1n) is 8.93. The van der Waals surface area contributed by atoms with Crippen molar-refractivity contribution in [2.45, 2.75) is 6.54 Å². The van der Waals surface area contributed by atoms with E-state index in [1.165, 1.54) is 4.90 Å². The third kappa shape index (κ3) is 5.58. The van der Waals surface area contributed by atoms with E-state index in [4.69, 9.17) is 9.47 Å². The fourth-order valence-electron chi connectivity index (χ4n) is 2.88. The summed E-state index contributed by atoms with van der Waals surface area (Å²) in [6.07, 6.45) is 0. The van der Waals surface area contributed by atoms with Crippen LogP contribution >= 0.6 is 0 Å². The number of hydrogen-bond donors (Lipinski definition) is 2. The molecule has 1 heterocycles. The van der Waals surface area contributed by atoms with Gasteiger partial charge in [0.1, 0.15) is 31.3 Å². The van der Waals surface area contributed by atoms with Gasteiger partial charge >= 0.3 is 5.97 Å². The maximum atomic E-state index is 13.5. The number of ether oxygens (including phenoxy) is 2. The van der Waals surface area contributed by atoms with Crippen LogP contribution in [0.3, 0.4) is 0 Å². The average molecular weight is 391 g/mol. The number of anilines is 1. The number of carbonyl (C=O) groups excluding carboxylic acids is 2. The van der Waals surface area contributed by atoms with Crippen molar-refractivity contribution in [2.24, 2.45) is 0 Å². The molecule has 0 bridgehead atoms. The molecule has 1 fully saturated rings. The van der Waals surface area contributed by atoms with E-state index in [1.807, 2.05) is 12.1 Å². The van der Waals surface area contributed by atoms with Gasteiger partial charge in [-0.1, -0.05) is 12.1 Å². The minimum atomic E-state index is -0.779. The van der Waals surface area contributed by atoms with Crippen LogP contribution in [-0.2, 0) is 20.8 Å². The zero-order valence-electron chi connectivity index (χ0n) is 15.2. The van der Waals surface area contributed by atoms with Crippen molar-refractivity contribution in [3.05, 3.63) is 65.2 Å². The van der Waals surface area contributed by atoms with Crippen molar-refractivity contribution < 1.29 is 32.7 Å². The highest BCUT2D eigenvalue weighted by Gasteiger charge is 2.16. The van der Waals surface area contributed by atoms with Gasteiger partial charge in [0.2, 0.25) is 0 Å². The number of amides is 1. The zero-order valence-corrected chi connectivity index (χ0v) is 15.2. The van der Waals surface area contributed by atoms with Gasteiger partial charge in [0.15, 0.2) is 6.61 Å². The van der Waals surface area contributed by atoms with E-state index in [1.54, 1.807) is 12.1 Å². The Kier molecular flexibility index (Phi) is 6.67. The van der Waals surface area contributed by atoms with E-state index in [9.17, 15) is 18.4 Å². The molecule has 3 rings (SSSR count). The molecule has 2 aromatic rings. The number of nitrogens with one attached hydrogen (secondary N) is 2. The number of halogens is 2. The number of hydrogen-bond acceptors (Lipinski definition) is 4. The third-order valence-electron chi connectivity index (χ3n) is 4.38. The molecule has 1 saturated heterocycles. The molecule has 0 atom stereocenters. The number of morpholine rings is 1. The van der Waals surface area contributed by atoms with Gasteiger partial charge in [-0.15, -0.1) is 0 Å². The Labute approximate surface area is 161 Å². The van der Waals surface area contributed by atoms with Gasteiger partial charge in [-0.2, -0.15) is 0 Å². The predicted octanol–water partition coefficient (Wildman–Crippen LogP) is 1.18. The van der Waals surface area contributed by atoms with Gasteiger partial charge in [0, 0.05) is 11.6 Å². The minimum absolute atomic E-state index is 0.309. The Balaban J connectivity index is 1.48. The summed E-state index contributed by atoms with van der Waals surface area (Å²) in [5.74, 6) is -2.89. The smallest absolute Gasteiger partial charge is 0.338 e. The zero-order chi connectivity index (χ0) is 19.9. The second-order valence-electron chi connectivity index (χ2n) is 6.48. The number of benzene rings is 2. The van der Waals surface area contributed by atoms with E-state index in [0.29, 0.717) is 5.56 Å². The number of carbonyl (C=O) groups is 2. The summed E-state index contributed by atoms with van der Waals surface area (Å²) in [5, 5.41) is 2.17. The minimum Gasteiger partial charge on any atom is -0.452 e. The van der Waals surface area contributed by atoms with Gasteiger partial charge in [-0.25, -0.2) is 13.6 Å². The molecule has 2 N–H and O–H groups in total. The molecule has 1 aliphatic heterocycles. The van der Waals surface area contributed by atoms with Crippen molar-refractivity contribution in [3.8, 4) is 0 Å². The summed E-state index contributed by atoms with van der Waals surface area (Å²) in [4.78, 5) is 25.3. The fraction of sp³-hybridized carbons (Fsp3) is 0.300. The van der Waals surface area contributed by atoms with Gasteiger partial charge in [-0.3, -0.25) is 4.79 Å². The average Bonchev–Trinajstić information content (AvgIpc) is 2.70. The lowest BCUT2D eigenvalue weighted by atomic mass is 10.1. The normalized spacial score (nSPS) is 14.5. The molecule has 0 spiro atoms. The topological polar surface area (TPSA) is 69.1 Å². The Bertz CT molecular complexity index is 837. The first-order valence-corrected chi connectivity index (χ1v) is 8.93. The molecule has 0 aromatic heterocycles. The van der Waals surface area contributed by atoms with Crippen LogP contribution in [0.1, 0.15) is 15.9 Å². The molecule has 0 unspecified atom stereocenters. The van der Waals surface area contributed by atoms with Crippen LogP contribution in [-0.4, -0.2) is 44.8 Å². The summed E-state index contributed by atoms with van der Waals surface area (Å²) in [6.45, 7) is 3.65. The van der Waals surface area contributed by atoms with Gasteiger partial charge < -0.3 is 19.7 Å². The van der Waals surface area contributed by atoms with E-state index in [-0.39, 0.29) is 5.69 Å². The number of rotatable bonds is 6. The van der Waals surface area contributed by atoms with E-state index >= 15 is 0 Å². The monoisotopic (exact) mass is 391 g/mol. The maximum Gasteiger partial charge on any atom is 0.338 e. The first-order chi connectivity index (χ1) is 13.5. The van der Waals surface area contributed by atoms with Crippen LogP contribution in [0.4, 0.5) is 14.5 Å². The fourth-order valence-corrected chi connectivity index (χ4v) is 2.88. The van der Waals surface area contributed by atoms with Crippen LogP contribution in [0, 0.1) is 11.6 Å². The lowest BCUT2D eigenvalue weighted by Gasteiger charge is -2.23. The molecule has 1 amide bonds. The Morgan fingerprint density at radius 1 is 1.07 bits per heavy atom. The van der Waals surface area contributed by atoms with E-state index in [2.05, 4.69) is 5.32 Å². The summed E-state index contributed by atoms with van der Waals surface area (Å²) in [5.41, 5.74) is 1.09. The second-order valence-corrected chi connectivity index (χ2v) is 6.48. The van der Waals surface area contributed by atoms with E-state index < -0.39 is 30.1 Å². The third-order valence-corrected chi connectivity index (χ3v) is 4.38. The highest BCUT2D eigenvalue weighted by atomic mass is 19.1. The molecule has 28 heavy (non-hydrogen) atoms. The first kappa shape index (κ1) is 19.9. The molecule has 6 nitrogen and oxygen atoms in total. The van der Waals surface area contributed by atoms with E-state index in [0.717, 1.165) is 56.6 Å². The van der Waals surface area contributed by atoms with Gasteiger partial charge in [0.05, 0.1) is 24.5 Å². The highest BCUT2D eigenvalue weighted by Crippen LogP contribution is 2.15. The van der Waals surface area contributed by atoms with Crippen molar-refractivity contribution in [1.82, 2.24) is 0 Å². The standard InChI is InChI=1S/C20H20F2N2O4/c21-16-5-6-17(22)18(11-16)23-19(25)13-28-20(26)15-3-1-14(2-4-15)12-24-7-9-27-10-8-24/h1-6,11H,7-10,12-13H2,(H,23,25)/p+1. The summed E-state index contributed by atoms with van der Waals surface area (Å²) >= 11 is 0. The highest BCUT2D eigenvalue weighted by molar-refractivity contribution is 5.95. The largest absolute Gasteiger partial charge is 0.452 e. The quantitative estimate of drug-likeness (QED) is 0.726. The summed E-state index contributed by atoms with van der Waals surface area (Å²) < 4.78 is 36.9. The molecule has 2 aromatic carbocycles. The lowest BCUT2D eigenvalue weighted by molar-refractivity contribution is -0.921. The van der Waals surface area contributed by atoms with Crippen LogP contribution in [0.25, 0.3) is 0 Å². The summed E-state index contributed by atoms with van der Waals surface area (Å²) in [6, 6.07) is 9.67. The Morgan fingerprint density at radius 2 is 1.79 bits per heavy atom. The van der Waals surface area contributed by atoms with Crippen molar-refractivity contribution >= 4 is 17.6 Å². The summed E-state index contributed by atoms with van der Waals surface area (Å²) in [7, 11) is 0. The lowest BCUT2D eigenvalue weighted by Crippen LogP contribution is -3.12. The van der Waals surface area contributed by atoms with Crippen molar-refractivity contribution in [3.63, 3.8) is 0 Å². The molecule has 0 saturated carbocycles. The molecule has 148 valence electrons.